The molecule has 5 rings (SSSR count). The van der Waals surface area contributed by atoms with Crippen LogP contribution in [0.5, 0.6) is 5.75 Å². The number of carbonyl (C=O) groups is 5. The molecule has 13 heteroatoms. The number of rotatable bonds is 7. The lowest BCUT2D eigenvalue weighted by Crippen LogP contribution is -2.65. The fraction of sp³-hybridized carbons (Fsp3) is 0.394. The molecule has 0 spiro atoms. The first-order chi connectivity index (χ1) is 21.7. The van der Waals surface area contributed by atoms with Gasteiger partial charge in [-0.25, -0.2) is 0 Å². The molecule has 2 aromatic carbocycles. The molecule has 2 aromatic heterocycles. The maximum Gasteiger partial charge on any atom is 0.308 e. The summed E-state index contributed by atoms with van der Waals surface area (Å²) in [5.74, 6) is -2.72. The molecular formula is C33H35N2O11+. The highest BCUT2D eigenvalue weighted by Crippen LogP contribution is 2.38. The summed E-state index contributed by atoms with van der Waals surface area (Å²) in [7, 11) is 0. The van der Waals surface area contributed by atoms with Gasteiger partial charge in [0.1, 0.15) is 18.5 Å². The number of aryl methyl sites for hydroxylation is 2. The van der Waals surface area contributed by atoms with Gasteiger partial charge in [-0.05, 0) is 48.6 Å². The first kappa shape index (κ1) is 32.4. The predicted molar refractivity (Wildman–Crippen MR) is 161 cm³/mol. The van der Waals surface area contributed by atoms with Crippen LogP contribution < -0.4 is 9.30 Å². The lowest BCUT2D eigenvalue weighted by atomic mass is 9.95. The van der Waals surface area contributed by atoms with E-state index in [9.17, 15) is 24.0 Å². The van der Waals surface area contributed by atoms with Gasteiger partial charge in [0.05, 0.1) is 5.52 Å². The second-order valence-corrected chi connectivity index (χ2v) is 11.2. The van der Waals surface area contributed by atoms with Gasteiger partial charge >= 0.3 is 36.1 Å². The molecule has 0 bridgehead atoms. The number of esters is 5. The van der Waals surface area contributed by atoms with Crippen LogP contribution in [0.25, 0.3) is 32.6 Å². The number of pyridine rings is 1. The second kappa shape index (κ2) is 12.8. The maximum absolute atomic E-state index is 12.4. The van der Waals surface area contributed by atoms with Crippen molar-refractivity contribution in [2.24, 2.45) is 0 Å². The Morgan fingerprint density at radius 3 is 2.04 bits per heavy atom. The summed E-state index contributed by atoms with van der Waals surface area (Å²) in [6.07, 6.45) is -2.44. The molecule has 0 saturated carbocycles. The van der Waals surface area contributed by atoms with E-state index in [2.05, 4.69) is 4.98 Å². The molecule has 0 aliphatic carbocycles. The van der Waals surface area contributed by atoms with Gasteiger partial charge in [-0.2, -0.15) is 4.57 Å². The van der Waals surface area contributed by atoms with Gasteiger partial charge in [-0.15, -0.1) is 0 Å². The summed E-state index contributed by atoms with van der Waals surface area (Å²) in [5.41, 5.74) is 3.65. The van der Waals surface area contributed by atoms with Crippen LogP contribution in [-0.4, -0.2) is 65.9 Å². The van der Waals surface area contributed by atoms with Crippen molar-refractivity contribution in [3.8, 4) is 5.75 Å². The van der Waals surface area contributed by atoms with Crippen LogP contribution in [0, 0.1) is 13.8 Å². The first-order valence-corrected chi connectivity index (χ1v) is 14.6. The van der Waals surface area contributed by atoms with Gasteiger partial charge in [0, 0.05) is 62.4 Å². The number of aromatic nitrogens is 2. The van der Waals surface area contributed by atoms with Gasteiger partial charge in [0.15, 0.2) is 24.6 Å². The van der Waals surface area contributed by atoms with Gasteiger partial charge in [0.25, 0.3) is 0 Å². The summed E-state index contributed by atoms with van der Waals surface area (Å²) < 4.78 is 35.4. The van der Waals surface area contributed by atoms with Crippen LogP contribution in [-0.2, 0) is 47.7 Å². The first-order valence-electron chi connectivity index (χ1n) is 14.6. The molecule has 5 atom stereocenters. The monoisotopic (exact) mass is 635 g/mol. The van der Waals surface area contributed by atoms with Crippen LogP contribution in [0.2, 0.25) is 0 Å². The fourth-order valence-corrected chi connectivity index (χ4v) is 6.08. The number of aromatic amines is 1. The molecule has 4 aromatic rings. The van der Waals surface area contributed by atoms with E-state index >= 15 is 0 Å². The largest absolute Gasteiger partial charge is 0.463 e. The van der Waals surface area contributed by atoms with E-state index in [0.29, 0.717) is 5.75 Å². The highest BCUT2D eigenvalue weighted by molar-refractivity contribution is 6.16. The van der Waals surface area contributed by atoms with E-state index in [0.717, 1.165) is 43.7 Å². The van der Waals surface area contributed by atoms with Gasteiger partial charge in [-0.3, -0.25) is 24.0 Å². The van der Waals surface area contributed by atoms with E-state index in [1.807, 2.05) is 38.2 Å². The molecule has 1 N–H and O–H groups in total. The standard InChI is InChI=1S/C33H34N2O11/c1-15-25-13-35(11-10-23(25)16(2)29-28(15)24-12-22(42-18(4)37)8-9-26(24)34-29)33-32(45-21(7)40)31(44-20(6)39)30(43-19(5)38)27(46-33)14-41-17(3)36/h8-13,27,30-33H,14H2,1-7H3/p+1/t27-,30-,31+,32+,33+/m1/s1. The average molecular weight is 636 g/mol. The van der Waals surface area contributed by atoms with Crippen molar-refractivity contribution in [1.29, 1.82) is 0 Å². The molecular weight excluding hydrogens is 600 g/mol. The SMILES string of the molecule is CC(=O)OC[C@H]1O[C@H]([n+]2ccc3c(C)c4[nH]c5ccc(OC(C)=O)cc5c4c(C)c3c2)[C@@H](OC(C)=O)[C@@H](OC(C)=O)[C@@H]1OC(C)=O. The van der Waals surface area contributed by atoms with Gasteiger partial charge in [-0.1, -0.05) is 0 Å². The zero-order chi connectivity index (χ0) is 33.4. The molecule has 242 valence electrons. The molecule has 3 heterocycles. The van der Waals surface area contributed by atoms with Gasteiger partial charge < -0.3 is 33.4 Å². The maximum atomic E-state index is 12.4. The van der Waals surface area contributed by atoms with Crippen molar-refractivity contribution in [2.75, 3.05) is 6.61 Å². The molecule has 13 nitrogen and oxygen atoms in total. The average Bonchev–Trinajstić information content (AvgIpc) is 3.35. The summed E-state index contributed by atoms with van der Waals surface area (Å²) in [6.45, 7) is 9.73. The Labute approximate surface area is 263 Å². The minimum atomic E-state index is -1.30. The minimum Gasteiger partial charge on any atom is -0.463 e. The van der Waals surface area contributed by atoms with E-state index in [1.54, 1.807) is 16.8 Å². The molecule has 0 amide bonds. The van der Waals surface area contributed by atoms with E-state index in [-0.39, 0.29) is 6.61 Å². The molecule has 0 radical (unpaired) electrons. The number of hydrogen-bond acceptors (Lipinski definition) is 11. The van der Waals surface area contributed by atoms with Crippen molar-refractivity contribution < 1.29 is 57.0 Å². The highest BCUT2D eigenvalue weighted by Gasteiger charge is 2.56. The molecule has 1 aliphatic rings. The van der Waals surface area contributed by atoms with E-state index < -0.39 is 60.5 Å². The molecule has 46 heavy (non-hydrogen) atoms. The Morgan fingerprint density at radius 2 is 1.41 bits per heavy atom. The minimum absolute atomic E-state index is 0.332. The number of hydrogen-bond donors (Lipinski definition) is 1. The van der Waals surface area contributed by atoms with Crippen LogP contribution in [0.15, 0.2) is 36.7 Å². The number of fused-ring (bicyclic) bond motifs is 4. The number of H-pyrrole nitrogens is 1. The van der Waals surface area contributed by atoms with Crippen molar-refractivity contribution in [3.63, 3.8) is 0 Å². The molecule has 1 saturated heterocycles. The number of ether oxygens (including phenoxy) is 6. The Balaban J connectivity index is 1.69. The molecule has 1 fully saturated rings. The lowest BCUT2D eigenvalue weighted by molar-refractivity contribution is -0.776. The normalized spacial score (nSPS) is 21.2. The van der Waals surface area contributed by atoms with Gasteiger partial charge in [0.2, 0.25) is 6.10 Å². The van der Waals surface area contributed by atoms with E-state index in [4.69, 9.17) is 28.4 Å². The topological polar surface area (TPSA) is 160 Å². The quantitative estimate of drug-likeness (QED) is 0.137. The zero-order valence-corrected chi connectivity index (χ0v) is 26.5. The molecule has 0 unspecified atom stereocenters. The Kier molecular flexibility index (Phi) is 8.97. The third kappa shape index (κ3) is 6.36. The van der Waals surface area contributed by atoms with Crippen LogP contribution in [0.4, 0.5) is 0 Å². The third-order valence-corrected chi connectivity index (χ3v) is 7.83. The highest BCUT2D eigenvalue weighted by atomic mass is 16.7. The van der Waals surface area contributed by atoms with Crippen LogP contribution in [0.1, 0.15) is 52.0 Å². The van der Waals surface area contributed by atoms with Crippen LogP contribution in [0.3, 0.4) is 0 Å². The number of nitrogens with one attached hydrogen (secondary N) is 1. The predicted octanol–water partition coefficient (Wildman–Crippen LogP) is 3.56. The van der Waals surface area contributed by atoms with Crippen LogP contribution >= 0.6 is 0 Å². The van der Waals surface area contributed by atoms with Crippen molar-refractivity contribution >= 4 is 62.4 Å². The summed E-state index contributed by atoms with van der Waals surface area (Å²) in [4.78, 5) is 63.6. The van der Waals surface area contributed by atoms with Crippen molar-refractivity contribution in [1.82, 2.24) is 4.98 Å². The van der Waals surface area contributed by atoms with E-state index in [1.165, 1.54) is 34.6 Å². The second-order valence-electron chi connectivity index (χ2n) is 11.2. The number of nitrogens with zero attached hydrogens (tertiary/aromatic N) is 1. The Morgan fingerprint density at radius 1 is 0.761 bits per heavy atom. The lowest BCUT2D eigenvalue weighted by Gasteiger charge is -2.41. The third-order valence-electron chi connectivity index (χ3n) is 7.83. The summed E-state index contributed by atoms with van der Waals surface area (Å²) in [5, 5.41) is 3.55. The number of benzene rings is 2. The van der Waals surface area contributed by atoms with Crippen molar-refractivity contribution in [3.05, 3.63) is 47.8 Å². The molecule has 1 aliphatic heterocycles. The van der Waals surface area contributed by atoms with Crippen molar-refractivity contribution in [2.45, 2.75) is 79.1 Å². The summed E-state index contributed by atoms with van der Waals surface area (Å²) in [6, 6.07) is 7.28. The summed E-state index contributed by atoms with van der Waals surface area (Å²) >= 11 is 0. The Hall–Kier alpha value is -5.04. The smallest absolute Gasteiger partial charge is 0.308 e. The number of carbonyl (C=O) groups excluding carboxylic acids is 5. The fourth-order valence-electron chi connectivity index (χ4n) is 6.08. The Bertz CT molecular complexity index is 1900. The zero-order valence-electron chi connectivity index (χ0n) is 26.5.